The molecule has 25 heavy (non-hydrogen) atoms. The van der Waals surface area contributed by atoms with E-state index in [-0.39, 0.29) is 24.7 Å². The van der Waals surface area contributed by atoms with Crippen molar-refractivity contribution in [1.29, 1.82) is 0 Å². The second-order valence-corrected chi connectivity index (χ2v) is 5.78. The van der Waals surface area contributed by atoms with Crippen molar-refractivity contribution in [2.24, 2.45) is 0 Å². The van der Waals surface area contributed by atoms with E-state index in [2.05, 4.69) is 20.8 Å². The Labute approximate surface area is 149 Å². The molecule has 0 bridgehead atoms. The van der Waals surface area contributed by atoms with Gasteiger partial charge in [-0.2, -0.15) is 0 Å². The first-order valence-electron chi connectivity index (χ1n) is 7.73. The molecule has 1 aromatic carbocycles. The first kappa shape index (κ1) is 16.9. The number of rotatable bonds is 6. The molecule has 2 aromatic heterocycles. The molecule has 0 aliphatic carbocycles. The molecule has 128 valence electrons. The number of halogens is 1. The van der Waals surface area contributed by atoms with Crippen LogP contribution in [0.25, 0.3) is 5.65 Å². The Hall–Kier alpha value is -2.93. The van der Waals surface area contributed by atoms with Gasteiger partial charge in [0.05, 0.1) is 0 Å². The lowest BCUT2D eigenvalue weighted by atomic mass is 10.2. The minimum atomic E-state index is -0.300. The minimum absolute atomic E-state index is 0.0517. The van der Waals surface area contributed by atoms with Crippen LogP contribution in [0.3, 0.4) is 0 Å². The molecule has 0 aliphatic heterocycles. The number of hydrogen-bond donors (Lipinski definition) is 2. The highest BCUT2D eigenvalue weighted by Gasteiger charge is 2.11. The van der Waals surface area contributed by atoms with Crippen LogP contribution in [0.4, 0.5) is 5.95 Å². The second kappa shape index (κ2) is 7.76. The summed E-state index contributed by atoms with van der Waals surface area (Å²) in [6, 6.07) is 12.7. The lowest BCUT2D eigenvalue weighted by molar-refractivity contribution is -0.124. The van der Waals surface area contributed by atoms with Crippen molar-refractivity contribution >= 4 is 35.0 Å². The molecule has 3 rings (SSSR count). The molecule has 0 saturated heterocycles. The van der Waals surface area contributed by atoms with Gasteiger partial charge in [-0.3, -0.25) is 19.3 Å². The summed E-state index contributed by atoms with van der Waals surface area (Å²) in [4.78, 5) is 23.9. The van der Waals surface area contributed by atoms with Crippen molar-refractivity contribution in [2.45, 2.75) is 19.4 Å². The van der Waals surface area contributed by atoms with Crippen LogP contribution in [-0.2, 0) is 16.1 Å². The van der Waals surface area contributed by atoms with E-state index in [1.165, 1.54) is 0 Å². The lowest BCUT2D eigenvalue weighted by Crippen LogP contribution is -2.24. The van der Waals surface area contributed by atoms with E-state index in [0.29, 0.717) is 23.2 Å². The van der Waals surface area contributed by atoms with E-state index in [1.807, 2.05) is 30.3 Å². The quantitative estimate of drug-likeness (QED) is 0.709. The topological polar surface area (TPSA) is 88.4 Å². The summed E-state index contributed by atoms with van der Waals surface area (Å²) in [7, 11) is 0. The maximum Gasteiger partial charge on any atom is 0.235 e. The first-order chi connectivity index (χ1) is 12.1. The Bertz CT molecular complexity index is 909. The molecule has 0 fully saturated rings. The van der Waals surface area contributed by atoms with Crippen molar-refractivity contribution in [3.8, 4) is 0 Å². The van der Waals surface area contributed by atoms with Crippen LogP contribution in [0.2, 0.25) is 5.02 Å². The molecule has 2 amide bonds. The zero-order valence-corrected chi connectivity index (χ0v) is 14.0. The molecule has 0 atom stereocenters. The highest BCUT2D eigenvalue weighted by Crippen LogP contribution is 2.14. The number of carbonyl (C=O) groups is 2. The van der Waals surface area contributed by atoms with Crippen LogP contribution in [-0.4, -0.2) is 26.4 Å². The van der Waals surface area contributed by atoms with E-state index < -0.39 is 0 Å². The zero-order valence-electron chi connectivity index (χ0n) is 13.3. The van der Waals surface area contributed by atoms with E-state index in [1.54, 1.807) is 22.7 Å². The Kier molecular flexibility index (Phi) is 5.25. The predicted molar refractivity (Wildman–Crippen MR) is 94.1 cm³/mol. The number of aromatic nitrogens is 3. The number of benzene rings is 1. The second-order valence-electron chi connectivity index (χ2n) is 5.37. The molecular weight excluding hydrogens is 342 g/mol. The fourth-order valence-electron chi connectivity index (χ4n) is 2.26. The number of nitrogens with one attached hydrogen (secondary N) is 2. The van der Waals surface area contributed by atoms with Crippen LogP contribution < -0.4 is 10.6 Å². The van der Waals surface area contributed by atoms with E-state index >= 15 is 0 Å². The number of anilines is 1. The third-order valence-electron chi connectivity index (χ3n) is 3.58. The normalized spacial score (nSPS) is 10.6. The van der Waals surface area contributed by atoms with Crippen molar-refractivity contribution in [3.63, 3.8) is 0 Å². The third-order valence-corrected chi connectivity index (χ3v) is 3.95. The standard InChI is InChI=1S/C17H16ClN5O2/c18-13-6-2-1-5-12(13)11-19-15(24)8-9-16(25)20-17-22-21-14-7-3-4-10-23(14)17/h1-7,10H,8-9,11H2,(H,19,24)(H,20,22,25). The number of carbonyl (C=O) groups excluding carboxylic acids is 2. The summed E-state index contributed by atoms with van der Waals surface area (Å²) in [5, 5.41) is 13.9. The van der Waals surface area contributed by atoms with Gasteiger partial charge < -0.3 is 5.32 Å². The van der Waals surface area contributed by atoms with Gasteiger partial charge in [0.1, 0.15) is 0 Å². The van der Waals surface area contributed by atoms with Gasteiger partial charge >= 0.3 is 0 Å². The highest BCUT2D eigenvalue weighted by atomic mass is 35.5. The Morgan fingerprint density at radius 3 is 2.60 bits per heavy atom. The van der Waals surface area contributed by atoms with Gasteiger partial charge in [0.15, 0.2) is 5.65 Å². The maximum absolute atomic E-state index is 12.0. The fraction of sp³-hybridized carbons (Fsp3) is 0.176. The SMILES string of the molecule is O=C(CCC(=O)Nc1nnc2ccccn12)NCc1ccccc1Cl. The van der Waals surface area contributed by atoms with E-state index in [4.69, 9.17) is 11.6 Å². The van der Waals surface area contributed by atoms with Crippen molar-refractivity contribution in [3.05, 3.63) is 59.2 Å². The lowest BCUT2D eigenvalue weighted by Gasteiger charge is -2.07. The summed E-state index contributed by atoms with van der Waals surface area (Å²) in [6.07, 6.45) is 1.88. The van der Waals surface area contributed by atoms with Crippen molar-refractivity contribution in [1.82, 2.24) is 19.9 Å². The minimum Gasteiger partial charge on any atom is -0.352 e. The van der Waals surface area contributed by atoms with Crippen LogP contribution in [0, 0.1) is 0 Å². The highest BCUT2D eigenvalue weighted by molar-refractivity contribution is 6.31. The van der Waals surface area contributed by atoms with Crippen LogP contribution in [0.15, 0.2) is 48.7 Å². The van der Waals surface area contributed by atoms with E-state index in [9.17, 15) is 9.59 Å². The average Bonchev–Trinajstić information content (AvgIpc) is 3.02. The van der Waals surface area contributed by atoms with Crippen molar-refractivity contribution < 1.29 is 9.59 Å². The van der Waals surface area contributed by atoms with Gasteiger partial charge in [0.2, 0.25) is 17.8 Å². The molecule has 7 nitrogen and oxygen atoms in total. The number of amides is 2. The number of fused-ring (bicyclic) bond motifs is 1. The first-order valence-corrected chi connectivity index (χ1v) is 8.11. The Morgan fingerprint density at radius 1 is 1.00 bits per heavy atom. The molecule has 0 spiro atoms. The van der Waals surface area contributed by atoms with Gasteiger partial charge in [-0.25, -0.2) is 0 Å². The largest absolute Gasteiger partial charge is 0.352 e. The molecule has 0 unspecified atom stereocenters. The van der Waals surface area contributed by atoms with Gasteiger partial charge in [-0.1, -0.05) is 35.9 Å². The fourth-order valence-corrected chi connectivity index (χ4v) is 2.47. The van der Waals surface area contributed by atoms with E-state index in [0.717, 1.165) is 5.56 Å². The Balaban J connectivity index is 1.47. The van der Waals surface area contributed by atoms with Gasteiger partial charge in [-0.05, 0) is 23.8 Å². The summed E-state index contributed by atoms with van der Waals surface area (Å²) in [6.45, 7) is 0.328. The average molecular weight is 358 g/mol. The molecule has 2 N–H and O–H groups in total. The number of hydrogen-bond acceptors (Lipinski definition) is 4. The summed E-state index contributed by atoms with van der Waals surface area (Å²) in [5.41, 5.74) is 1.46. The zero-order chi connectivity index (χ0) is 17.6. The van der Waals surface area contributed by atoms with Crippen LogP contribution >= 0.6 is 11.6 Å². The summed E-state index contributed by atoms with van der Waals surface area (Å²) < 4.78 is 1.66. The number of pyridine rings is 1. The monoisotopic (exact) mass is 357 g/mol. The predicted octanol–water partition coefficient (Wildman–Crippen LogP) is 2.42. The number of nitrogens with zero attached hydrogens (tertiary/aromatic N) is 3. The molecule has 8 heteroatoms. The third kappa shape index (κ3) is 4.33. The van der Waals surface area contributed by atoms with Gasteiger partial charge in [0.25, 0.3) is 0 Å². The summed E-state index contributed by atoms with van der Waals surface area (Å²) in [5.74, 6) is -0.190. The maximum atomic E-state index is 12.0. The molecule has 0 saturated carbocycles. The van der Waals surface area contributed by atoms with Gasteiger partial charge in [-0.15, -0.1) is 10.2 Å². The summed E-state index contributed by atoms with van der Waals surface area (Å²) >= 11 is 6.03. The smallest absolute Gasteiger partial charge is 0.235 e. The Morgan fingerprint density at radius 2 is 1.76 bits per heavy atom. The van der Waals surface area contributed by atoms with Crippen molar-refractivity contribution in [2.75, 3.05) is 5.32 Å². The molecular formula is C17H16ClN5O2. The molecule has 2 heterocycles. The van der Waals surface area contributed by atoms with Gasteiger partial charge in [0, 0.05) is 30.6 Å². The molecule has 0 radical (unpaired) electrons. The molecule has 0 aliphatic rings. The van der Waals surface area contributed by atoms with Crippen LogP contribution in [0.5, 0.6) is 0 Å². The van der Waals surface area contributed by atoms with Crippen LogP contribution in [0.1, 0.15) is 18.4 Å². The molecule has 3 aromatic rings.